The molecule has 1 aromatic rings. The van der Waals surface area contributed by atoms with Crippen LogP contribution >= 0.6 is 0 Å². The van der Waals surface area contributed by atoms with Gasteiger partial charge in [-0.2, -0.15) is 13.2 Å². The summed E-state index contributed by atoms with van der Waals surface area (Å²) < 4.78 is 43.4. The first kappa shape index (κ1) is 22.9. The molecule has 5 heteroatoms. The average Bonchev–Trinajstić information content (AvgIpc) is 2.65. The van der Waals surface area contributed by atoms with Gasteiger partial charge in [-0.15, -0.1) is 0 Å². The molecule has 1 heterocycles. The Hall–Kier alpha value is -1.78. The molecular formula is C25H32F3O2. The fourth-order valence-electron chi connectivity index (χ4n) is 4.91. The van der Waals surface area contributed by atoms with Gasteiger partial charge in [0.2, 0.25) is 0 Å². The lowest BCUT2D eigenvalue weighted by atomic mass is 9.67. The predicted octanol–water partition coefficient (Wildman–Crippen LogP) is 7.07. The van der Waals surface area contributed by atoms with E-state index >= 15 is 0 Å². The summed E-state index contributed by atoms with van der Waals surface area (Å²) in [7, 11) is 0. The molecule has 0 amide bonds. The molecule has 1 aliphatic carbocycles. The molecule has 0 saturated carbocycles. The van der Waals surface area contributed by atoms with Crippen LogP contribution in [0.25, 0.3) is 0 Å². The smallest absolute Gasteiger partial charge is 0.389 e. The van der Waals surface area contributed by atoms with E-state index < -0.39 is 12.6 Å². The van der Waals surface area contributed by atoms with E-state index in [-0.39, 0.29) is 23.4 Å². The number of unbranched alkanes of at least 4 members (excludes halogenated alkanes) is 2. The topological polar surface area (TPSA) is 26.3 Å². The molecule has 2 nitrogen and oxygen atoms in total. The minimum atomic E-state index is -4.07. The molecule has 0 bridgehead atoms. The minimum Gasteiger partial charge on any atom is -0.487 e. The molecule has 2 atom stereocenters. The molecule has 1 aliphatic heterocycles. The highest BCUT2D eigenvalue weighted by molar-refractivity contribution is 5.74. The van der Waals surface area contributed by atoms with Crippen LogP contribution < -0.4 is 4.74 Å². The number of ether oxygens (including phenoxy) is 1. The molecule has 2 aliphatic rings. The summed E-state index contributed by atoms with van der Waals surface area (Å²) >= 11 is 0. The zero-order valence-corrected chi connectivity index (χ0v) is 18.4. The highest BCUT2D eigenvalue weighted by Crippen LogP contribution is 2.51. The summed E-state index contributed by atoms with van der Waals surface area (Å²) in [5.41, 5.74) is 2.46. The maximum absolute atomic E-state index is 12.3. The largest absolute Gasteiger partial charge is 0.487 e. The number of benzene rings is 1. The van der Waals surface area contributed by atoms with E-state index in [1.54, 1.807) is 0 Å². The Bertz CT molecular complexity index is 805. The Kier molecular flexibility index (Phi) is 6.41. The third-order valence-electron chi connectivity index (χ3n) is 6.84. The van der Waals surface area contributed by atoms with Crippen molar-refractivity contribution < 1.29 is 22.7 Å². The summed E-state index contributed by atoms with van der Waals surface area (Å²) in [4.78, 5) is 11.3. The normalized spacial score (nSPS) is 23.1. The number of carbonyl (C=O) groups is 1. The first-order valence-corrected chi connectivity index (χ1v) is 10.9. The van der Waals surface area contributed by atoms with Crippen molar-refractivity contribution in [3.63, 3.8) is 0 Å². The molecule has 1 aromatic carbocycles. The van der Waals surface area contributed by atoms with E-state index in [4.69, 9.17) is 4.74 Å². The van der Waals surface area contributed by atoms with Gasteiger partial charge in [0.25, 0.3) is 0 Å². The van der Waals surface area contributed by atoms with Gasteiger partial charge in [-0.05, 0) is 74.1 Å². The zero-order valence-electron chi connectivity index (χ0n) is 18.4. The minimum absolute atomic E-state index is 0.172. The van der Waals surface area contributed by atoms with Gasteiger partial charge < -0.3 is 4.74 Å². The van der Waals surface area contributed by atoms with Crippen molar-refractivity contribution in [2.24, 2.45) is 5.92 Å². The summed E-state index contributed by atoms with van der Waals surface area (Å²) in [5, 5.41) is 0. The standard InChI is InChI=1S/C25H32F3O2/c1-23(2,12-6-5-7-13-25(26,27)28)18-9-10-19-20-14-17(16-29)8-11-21(20)24(3,4)30-22(19)15-18/h8-9,15-16,20-21H,5-7,11-14H2,1-4H3/t20-,21+/m0/s1. The SMILES string of the molecule is CC(C)(CCCCCC(F)(F)F)c1c[c]c2c(c1)OC(C)(C)[C@@H]1CC=C(C=O)C[C@@H]21. The highest BCUT2D eigenvalue weighted by atomic mass is 19.4. The van der Waals surface area contributed by atoms with Crippen LogP contribution in [0.4, 0.5) is 13.2 Å². The van der Waals surface area contributed by atoms with E-state index in [1.165, 1.54) is 0 Å². The van der Waals surface area contributed by atoms with Gasteiger partial charge in [-0.25, -0.2) is 0 Å². The second-order valence-corrected chi connectivity index (χ2v) is 9.98. The molecule has 0 unspecified atom stereocenters. The van der Waals surface area contributed by atoms with Crippen molar-refractivity contribution in [1.29, 1.82) is 0 Å². The summed E-state index contributed by atoms with van der Waals surface area (Å²) in [6.45, 7) is 8.45. The number of rotatable bonds is 7. The van der Waals surface area contributed by atoms with Gasteiger partial charge in [0.1, 0.15) is 17.6 Å². The predicted molar refractivity (Wildman–Crippen MR) is 112 cm³/mol. The number of hydrogen-bond acceptors (Lipinski definition) is 2. The van der Waals surface area contributed by atoms with Crippen LogP contribution in [-0.2, 0) is 10.2 Å². The lowest BCUT2D eigenvalue weighted by Crippen LogP contribution is -2.45. The maximum Gasteiger partial charge on any atom is 0.389 e. The summed E-state index contributed by atoms with van der Waals surface area (Å²) in [6, 6.07) is 7.54. The van der Waals surface area contributed by atoms with Crippen LogP contribution in [0.2, 0.25) is 0 Å². The van der Waals surface area contributed by atoms with Crippen LogP contribution in [0.5, 0.6) is 5.75 Å². The molecule has 3 rings (SSSR count). The number of alkyl halides is 3. The van der Waals surface area contributed by atoms with Crippen molar-refractivity contribution in [3.8, 4) is 5.75 Å². The van der Waals surface area contributed by atoms with Crippen molar-refractivity contribution in [3.05, 3.63) is 41.0 Å². The summed E-state index contributed by atoms with van der Waals surface area (Å²) in [5.74, 6) is 1.35. The molecule has 165 valence electrons. The lowest BCUT2D eigenvalue weighted by Gasteiger charge is -2.47. The number of allylic oxidation sites excluding steroid dienone is 2. The molecule has 1 radical (unpaired) electrons. The van der Waals surface area contributed by atoms with Gasteiger partial charge in [0, 0.05) is 17.9 Å². The molecule has 0 aromatic heterocycles. The van der Waals surface area contributed by atoms with Crippen LogP contribution in [-0.4, -0.2) is 18.1 Å². The summed E-state index contributed by atoms with van der Waals surface area (Å²) in [6.07, 6.45) is 2.07. The third kappa shape index (κ3) is 5.09. The Labute approximate surface area is 177 Å². The quantitative estimate of drug-likeness (QED) is 0.348. The number of hydrogen-bond donors (Lipinski definition) is 0. The van der Waals surface area contributed by atoms with Crippen molar-refractivity contribution in [2.75, 3.05) is 0 Å². The zero-order chi connectivity index (χ0) is 22.2. The Morgan fingerprint density at radius 1 is 1.20 bits per heavy atom. The van der Waals surface area contributed by atoms with Crippen molar-refractivity contribution >= 4 is 6.29 Å². The van der Waals surface area contributed by atoms with Crippen LogP contribution in [0.15, 0.2) is 23.8 Å². The number of aldehydes is 1. The highest BCUT2D eigenvalue weighted by Gasteiger charge is 2.45. The van der Waals surface area contributed by atoms with Gasteiger partial charge >= 0.3 is 6.18 Å². The molecule has 0 N–H and O–H groups in total. The Morgan fingerprint density at radius 3 is 2.57 bits per heavy atom. The van der Waals surface area contributed by atoms with Gasteiger partial charge in [0.05, 0.1) is 0 Å². The van der Waals surface area contributed by atoms with E-state index in [9.17, 15) is 18.0 Å². The van der Waals surface area contributed by atoms with Crippen molar-refractivity contribution in [1.82, 2.24) is 0 Å². The van der Waals surface area contributed by atoms with Gasteiger partial charge in [-0.3, -0.25) is 4.79 Å². The van der Waals surface area contributed by atoms with E-state index in [0.717, 1.165) is 48.0 Å². The van der Waals surface area contributed by atoms with Gasteiger partial charge in [0.15, 0.2) is 0 Å². The molecular weight excluding hydrogens is 389 g/mol. The van der Waals surface area contributed by atoms with E-state index in [1.807, 2.05) is 12.1 Å². The number of carbonyl (C=O) groups excluding carboxylic acids is 1. The lowest BCUT2D eigenvalue weighted by molar-refractivity contribution is -0.135. The molecule has 0 saturated heterocycles. The maximum atomic E-state index is 12.3. The first-order valence-electron chi connectivity index (χ1n) is 10.9. The first-order chi connectivity index (χ1) is 13.9. The van der Waals surface area contributed by atoms with Gasteiger partial charge in [-0.1, -0.05) is 38.8 Å². The fourth-order valence-corrected chi connectivity index (χ4v) is 4.91. The Balaban J connectivity index is 1.74. The van der Waals surface area contributed by atoms with Crippen LogP contribution in [0.3, 0.4) is 0 Å². The van der Waals surface area contributed by atoms with Crippen LogP contribution in [0.1, 0.15) is 89.7 Å². The average molecular weight is 422 g/mol. The van der Waals surface area contributed by atoms with E-state index in [2.05, 4.69) is 39.8 Å². The third-order valence-corrected chi connectivity index (χ3v) is 6.84. The van der Waals surface area contributed by atoms with Crippen LogP contribution in [0, 0.1) is 12.0 Å². The second-order valence-electron chi connectivity index (χ2n) is 9.98. The fraction of sp³-hybridized carbons (Fsp3) is 0.640. The Morgan fingerprint density at radius 2 is 1.90 bits per heavy atom. The second kappa shape index (κ2) is 8.39. The monoisotopic (exact) mass is 421 g/mol. The number of halogens is 3. The number of fused-ring (bicyclic) bond motifs is 3. The molecule has 0 spiro atoms. The molecule has 30 heavy (non-hydrogen) atoms. The van der Waals surface area contributed by atoms with E-state index in [0.29, 0.717) is 18.8 Å². The molecule has 0 fully saturated rings. The van der Waals surface area contributed by atoms with Crippen molar-refractivity contribution in [2.45, 2.75) is 95.8 Å².